The Labute approximate surface area is 112 Å². The first-order valence-electron chi connectivity index (χ1n) is 5.83. The molecule has 2 aromatic rings. The highest BCUT2D eigenvalue weighted by Crippen LogP contribution is 2.26. The zero-order valence-electron chi connectivity index (χ0n) is 9.91. The van der Waals surface area contributed by atoms with Crippen molar-refractivity contribution < 1.29 is 5.11 Å². The van der Waals surface area contributed by atoms with Crippen molar-refractivity contribution in [2.24, 2.45) is 5.73 Å². The van der Waals surface area contributed by atoms with Gasteiger partial charge in [-0.25, -0.2) is 4.98 Å². The van der Waals surface area contributed by atoms with Crippen LogP contribution in [0.5, 0.6) is 5.75 Å². The van der Waals surface area contributed by atoms with Crippen LogP contribution < -0.4 is 5.73 Å². The Balaban J connectivity index is 0.00000120. The molecule has 0 spiro atoms. The SMILES string of the molecule is Cl.NC1CCc2cnc(-c3cccc(O)c3)n2C1. The van der Waals surface area contributed by atoms with E-state index in [2.05, 4.69) is 9.55 Å². The number of phenolic OH excluding ortho intramolecular Hbond substituents is 1. The van der Waals surface area contributed by atoms with Gasteiger partial charge in [-0.3, -0.25) is 0 Å². The van der Waals surface area contributed by atoms with Gasteiger partial charge in [-0.2, -0.15) is 0 Å². The summed E-state index contributed by atoms with van der Waals surface area (Å²) in [6.07, 6.45) is 3.91. The number of hydrogen-bond donors (Lipinski definition) is 2. The molecule has 0 amide bonds. The van der Waals surface area contributed by atoms with Crippen LogP contribution in [0.25, 0.3) is 11.4 Å². The highest BCUT2D eigenvalue weighted by molar-refractivity contribution is 5.85. The van der Waals surface area contributed by atoms with Crippen LogP contribution in [-0.2, 0) is 13.0 Å². The van der Waals surface area contributed by atoms with Gasteiger partial charge in [0.15, 0.2) is 0 Å². The summed E-state index contributed by atoms with van der Waals surface area (Å²) in [6, 6.07) is 7.38. The Morgan fingerprint density at radius 1 is 1.39 bits per heavy atom. The Bertz CT molecular complexity index is 553. The van der Waals surface area contributed by atoms with E-state index in [0.29, 0.717) is 0 Å². The maximum absolute atomic E-state index is 9.51. The third-order valence-corrected chi connectivity index (χ3v) is 3.23. The lowest BCUT2D eigenvalue weighted by Crippen LogP contribution is -2.31. The van der Waals surface area contributed by atoms with Gasteiger partial charge in [-0.15, -0.1) is 12.4 Å². The summed E-state index contributed by atoms with van der Waals surface area (Å²) in [6.45, 7) is 0.806. The molecule has 0 radical (unpaired) electrons. The van der Waals surface area contributed by atoms with Crippen molar-refractivity contribution in [3.8, 4) is 17.1 Å². The molecule has 0 saturated carbocycles. The lowest BCUT2D eigenvalue weighted by molar-refractivity contribution is 0.463. The number of nitrogens with two attached hydrogens (primary N) is 1. The van der Waals surface area contributed by atoms with E-state index in [1.807, 2.05) is 18.3 Å². The fraction of sp³-hybridized carbons (Fsp3) is 0.308. The number of rotatable bonds is 1. The van der Waals surface area contributed by atoms with Gasteiger partial charge in [-0.1, -0.05) is 12.1 Å². The van der Waals surface area contributed by atoms with Gasteiger partial charge < -0.3 is 15.4 Å². The quantitative estimate of drug-likeness (QED) is 0.828. The molecule has 96 valence electrons. The van der Waals surface area contributed by atoms with E-state index < -0.39 is 0 Å². The van der Waals surface area contributed by atoms with Crippen LogP contribution in [-0.4, -0.2) is 20.7 Å². The molecule has 1 aliphatic heterocycles. The third kappa shape index (κ3) is 2.21. The fourth-order valence-corrected chi connectivity index (χ4v) is 2.35. The minimum absolute atomic E-state index is 0. The van der Waals surface area contributed by atoms with Gasteiger partial charge in [0.05, 0.1) is 0 Å². The number of aromatic nitrogens is 2. The number of hydrogen-bond acceptors (Lipinski definition) is 3. The van der Waals surface area contributed by atoms with Gasteiger partial charge in [0, 0.05) is 30.0 Å². The Hall–Kier alpha value is -1.52. The van der Waals surface area contributed by atoms with Gasteiger partial charge >= 0.3 is 0 Å². The number of nitrogens with zero attached hydrogens (tertiary/aromatic N) is 2. The van der Waals surface area contributed by atoms with Crippen LogP contribution in [0.1, 0.15) is 12.1 Å². The van der Waals surface area contributed by atoms with Crippen molar-refractivity contribution in [1.82, 2.24) is 9.55 Å². The monoisotopic (exact) mass is 265 g/mol. The molecule has 4 nitrogen and oxygen atoms in total. The molecule has 0 saturated heterocycles. The van der Waals surface area contributed by atoms with E-state index in [1.54, 1.807) is 12.1 Å². The molecule has 3 N–H and O–H groups in total. The second-order valence-electron chi connectivity index (χ2n) is 4.53. The fourth-order valence-electron chi connectivity index (χ4n) is 2.35. The summed E-state index contributed by atoms with van der Waals surface area (Å²) in [5.74, 6) is 1.16. The lowest BCUT2D eigenvalue weighted by atomic mass is 10.1. The summed E-state index contributed by atoms with van der Waals surface area (Å²) >= 11 is 0. The van der Waals surface area contributed by atoms with Gasteiger partial charge in [0.2, 0.25) is 0 Å². The highest BCUT2D eigenvalue weighted by atomic mass is 35.5. The summed E-state index contributed by atoms with van der Waals surface area (Å²) < 4.78 is 2.16. The molecular weight excluding hydrogens is 250 g/mol. The van der Waals surface area contributed by atoms with Crippen molar-refractivity contribution in [2.45, 2.75) is 25.4 Å². The van der Waals surface area contributed by atoms with Gasteiger partial charge in [0.1, 0.15) is 11.6 Å². The van der Waals surface area contributed by atoms with E-state index in [9.17, 15) is 5.11 Å². The van der Waals surface area contributed by atoms with Crippen LogP contribution in [0, 0.1) is 0 Å². The van der Waals surface area contributed by atoms with E-state index in [1.165, 1.54) is 5.69 Å². The molecule has 0 fully saturated rings. The molecule has 1 aromatic carbocycles. The molecule has 3 rings (SSSR count). The van der Waals surface area contributed by atoms with E-state index in [-0.39, 0.29) is 24.2 Å². The maximum Gasteiger partial charge on any atom is 0.140 e. The third-order valence-electron chi connectivity index (χ3n) is 3.23. The van der Waals surface area contributed by atoms with Crippen LogP contribution in [0.2, 0.25) is 0 Å². The number of aryl methyl sites for hydroxylation is 1. The summed E-state index contributed by atoms with van der Waals surface area (Å²) in [7, 11) is 0. The van der Waals surface area contributed by atoms with Crippen molar-refractivity contribution in [1.29, 1.82) is 0 Å². The molecule has 0 aliphatic carbocycles. The molecule has 1 atom stereocenters. The average molecular weight is 266 g/mol. The summed E-state index contributed by atoms with van der Waals surface area (Å²) in [4.78, 5) is 4.44. The minimum Gasteiger partial charge on any atom is -0.508 e. The van der Waals surface area contributed by atoms with Crippen LogP contribution in [0.4, 0.5) is 0 Å². The number of fused-ring (bicyclic) bond motifs is 1. The van der Waals surface area contributed by atoms with Crippen LogP contribution >= 0.6 is 12.4 Å². The standard InChI is InChI=1S/C13H15N3O.ClH/c14-10-4-5-11-7-15-13(16(11)8-10)9-2-1-3-12(17)6-9;/h1-3,6-7,10,17H,4-5,8,14H2;1H. The number of aromatic hydroxyl groups is 1. The molecule has 1 unspecified atom stereocenters. The number of imidazole rings is 1. The number of phenols is 1. The van der Waals surface area contributed by atoms with Crippen molar-refractivity contribution >= 4 is 12.4 Å². The summed E-state index contributed by atoms with van der Waals surface area (Å²) in [5.41, 5.74) is 8.15. The van der Waals surface area contributed by atoms with Gasteiger partial charge in [-0.05, 0) is 25.0 Å². The van der Waals surface area contributed by atoms with E-state index in [4.69, 9.17) is 5.73 Å². The molecule has 18 heavy (non-hydrogen) atoms. The topological polar surface area (TPSA) is 64.1 Å². The Morgan fingerprint density at radius 3 is 3.00 bits per heavy atom. The highest BCUT2D eigenvalue weighted by Gasteiger charge is 2.19. The molecule has 1 aliphatic rings. The zero-order valence-corrected chi connectivity index (χ0v) is 10.7. The van der Waals surface area contributed by atoms with E-state index >= 15 is 0 Å². The predicted molar refractivity (Wildman–Crippen MR) is 72.9 cm³/mol. The molecule has 1 aromatic heterocycles. The number of benzene rings is 1. The number of halogens is 1. The summed E-state index contributed by atoms with van der Waals surface area (Å²) in [5, 5.41) is 9.51. The van der Waals surface area contributed by atoms with E-state index in [0.717, 1.165) is 30.8 Å². The molecule has 5 heteroatoms. The molecular formula is C13H16ClN3O. The Kier molecular flexibility index (Phi) is 3.59. The largest absolute Gasteiger partial charge is 0.508 e. The predicted octanol–water partition coefficient (Wildman–Crippen LogP) is 1.95. The van der Waals surface area contributed by atoms with Crippen molar-refractivity contribution in [2.75, 3.05) is 0 Å². The minimum atomic E-state index is 0. The zero-order chi connectivity index (χ0) is 11.8. The Morgan fingerprint density at radius 2 is 2.22 bits per heavy atom. The first-order chi connectivity index (χ1) is 8.24. The van der Waals surface area contributed by atoms with Crippen molar-refractivity contribution in [3.63, 3.8) is 0 Å². The van der Waals surface area contributed by atoms with Crippen LogP contribution in [0.3, 0.4) is 0 Å². The first-order valence-corrected chi connectivity index (χ1v) is 5.83. The first kappa shape index (κ1) is 12.9. The lowest BCUT2D eigenvalue weighted by Gasteiger charge is -2.22. The normalized spacial score (nSPS) is 17.9. The second kappa shape index (κ2) is 5.00. The molecule has 2 heterocycles. The van der Waals surface area contributed by atoms with Gasteiger partial charge in [0.25, 0.3) is 0 Å². The second-order valence-corrected chi connectivity index (χ2v) is 4.53. The average Bonchev–Trinajstić information content (AvgIpc) is 2.71. The smallest absolute Gasteiger partial charge is 0.140 e. The van der Waals surface area contributed by atoms with Crippen LogP contribution in [0.15, 0.2) is 30.5 Å². The van der Waals surface area contributed by atoms with Crippen molar-refractivity contribution in [3.05, 3.63) is 36.2 Å². The molecule has 0 bridgehead atoms. The maximum atomic E-state index is 9.51.